The van der Waals surface area contributed by atoms with Crippen LogP contribution < -0.4 is 10.5 Å². The third-order valence-corrected chi connectivity index (χ3v) is 4.48. The van der Waals surface area contributed by atoms with Crippen molar-refractivity contribution in [3.8, 4) is 5.75 Å². The molecule has 4 heteroatoms. The van der Waals surface area contributed by atoms with Crippen LogP contribution in [0.4, 0.5) is 0 Å². The molecule has 0 saturated carbocycles. The van der Waals surface area contributed by atoms with Crippen molar-refractivity contribution in [1.29, 1.82) is 0 Å². The van der Waals surface area contributed by atoms with Crippen LogP contribution in [0.5, 0.6) is 5.75 Å². The second-order valence-electron chi connectivity index (χ2n) is 5.98. The Morgan fingerprint density at radius 3 is 2.48 bits per heavy atom. The van der Waals surface area contributed by atoms with Gasteiger partial charge in [-0.25, -0.2) is 0 Å². The van der Waals surface area contributed by atoms with Gasteiger partial charge in [-0.2, -0.15) is 0 Å². The largest absolute Gasteiger partial charge is 0.497 e. The molecule has 4 nitrogen and oxygen atoms in total. The number of hydrogen-bond donors (Lipinski definition) is 1. The Kier molecular flexibility index (Phi) is 6.03. The van der Waals surface area contributed by atoms with Gasteiger partial charge in [0.15, 0.2) is 0 Å². The van der Waals surface area contributed by atoms with Gasteiger partial charge in [0.1, 0.15) is 5.75 Å². The summed E-state index contributed by atoms with van der Waals surface area (Å²) in [5.74, 6) is 0.901. The number of ether oxygens (including phenoxy) is 1. The highest BCUT2D eigenvalue weighted by molar-refractivity contribution is 5.30. The molecule has 2 unspecified atom stereocenters. The fourth-order valence-electron chi connectivity index (χ4n) is 3.10. The van der Waals surface area contributed by atoms with Crippen LogP contribution in [-0.4, -0.2) is 56.2 Å². The maximum atomic E-state index is 6.45. The van der Waals surface area contributed by atoms with Crippen molar-refractivity contribution in [2.75, 3.05) is 40.3 Å². The lowest BCUT2D eigenvalue weighted by molar-refractivity contribution is 0.175. The van der Waals surface area contributed by atoms with E-state index >= 15 is 0 Å². The zero-order chi connectivity index (χ0) is 15.2. The summed E-state index contributed by atoms with van der Waals surface area (Å²) >= 11 is 0. The summed E-state index contributed by atoms with van der Waals surface area (Å²) in [6.07, 6.45) is 2.20. The molecule has 0 amide bonds. The summed E-state index contributed by atoms with van der Waals surface area (Å²) in [5.41, 5.74) is 7.75. The van der Waals surface area contributed by atoms with Crippen LogP contribution in [0.3, 0.4) is 0 Å². The van der Waals surface area contributed by atoms with Crippen molar-refractivity contribution in [1.82, 2.24) is 9.80 Å². The van der Waals surface area contributed by atoms with Crippen LogP contribution in [0.1, 0.15) is 31.4 Å². The monoisotopic (exact) mass is 291 g/mol. The number of nitrogens with zero attached hydrogens (tertiary/aromatic N) is 2. The maximum Gasteiger partial charge on any atom is 0.118 e. The van der Waals surface area contributed by atoms with Crippen LogP contribution >= 0.6 is 0 Å². The zero-order valence-electron chi connectivity index (χ0n) is 13.6. The van der Waals surface area contributed by atoms with Crippen molar-refractivity contribution >= 4 is 0 Å². The molecule has 1 saturated heterocycles. The highest BCUT2D eigenvalue weighted by atomic mass is 16.5. The van der Waals surface area contributed by atoms with E-state index < -0.39 is 0 Å². The molecule has 2 rings (SSSR count). The highest BCUT2D eigenvalue weighted by Crippen LogP contribution is 2.27. The third kappa shape index (κ3) is 4.19. The van der Waals surface area contributed by atoms with Crippen LogP contribution in [0.15, 0.2) is 24.3 Å². The average Bonchev–Trinajstić information content (AvgIpc) is 2.73. The summed E-state index contributed by atoms with van der Waals surface area (Å²) in [6.45, 7) is 6.66. The first-order valence-electron chi connectivity index (χ1n) is 7.97. The normalized spacial score (nSPS) is 20.8. The topological polar surface area (TPSA) is 41.7 Å². The van der Waals surface area contributed by atoms with E-state index in [4.69, 9.17) is 10.5 Å². The lowest BCUT2D eigenvalue weighted by Gasteiger charge is -2.35. The number of benzene rings is 1. The molecule has 1 fully saturated rings. The minimum atomic E-state index is 0.168. The molecular formula is C17H29N3O. The second-order valence-corrected chi connectivity index (χ2v) is 5.98. The van der Waals surface area contributed by atoms with E-state index in [1.165, 1.54) is 18.5 Å². The molecule has 1 aromatic rings. The van der Waals surface area contributed by atoms with Gasteiger partial charge in [0.25, 0.3) is 0 Å². The summed E-state index contributed by atoms with van der Waals surface area (Å²) in [4.78, 5) is 4.96. The van der Waals surface area contributed by atoms with Crippen molar-refractivity contribution < 1.29 is 4.74 Å². The van der Waals surface area contributed by atoms with Crippen molar-refractivity contribution in [3.05, 3.63) is 29.8 Å². The SMILES string of the molecule is CCC(N)C(c1ccc(OC)cc1)N1CCCN(C)CC1. The first-order chi connectivity index (χ1) is 10.2. The average molecular weight is 291 g/mol. The Morgan fingerprint density at radius 1 is 1.14 bits per heavy atom. The highest BCUT2D eigenvalue weighted by Gasteiger charge is 2.27. The van der Waals surface area contributed by atoms with Crippen LogP contribution in [0.25, 0.3) is 0 Å². The molecule has 0 radical (unpaired) electrons. The quantitative estimate of drug-likeness (QED) is 0.902. The summed E-state index contributed by atoms with van der Waals surface area (Å²) in [5, 5.41) is 0. The summed E-state index contributed by atoms with van der Waals surface area (Å²) < 4.78 is 5.26. The van der Waals surface area contributed by atoms with Gasteiger partial charge in [0.05, 0.1) is 7.11 Å². The molecule has 0 aromatic heterocycles. The number of likely N-dealkylation sites (N-methyl/N-ethyl adjacent to an activating group) is 1. The number of hydrogen-bond acceptors (Lipinski definition) is 4. The van der Waals surface area contributed by atoms with Gasteiger partial charge in [-0.15, -0.1) is 0 Å². The Bertz CT molecular complexity index is 421. The van der Waals surface area contributed by atoms with Gasteiger partial charge in [0, 0.05) is 31.7 Å². The zero-order valence-corrected chi connectivity index (χ0v) is 13.6. The van der Waals surface area contributed by atoms with Crippen molar-refractivity contribution in [2.45, 2.75) is 31.8 Å². The van der Waals surface area contributed by atoms with Crippen molar-refractivity contribution in [2.24, 2.45) is 5.73 Å². The minimum absolute atomic E-state index is 0.168. The van der Waals surface area contributed by atoms with E-state index in [2.05, 4.69) is 35.9 Å². The molecular weight excluding hydrogens is 262 g/mol. The smallest absolute Gasteiger partial charge is 0.118 e. The predicted octanol–water partition coefficient (Wildman–Crippen LogP) is 2.11. The van der Waals surface area contributed by atoms with E-state index in [1.807, 2.05) is 12.1 Å². The van der Waals surface area contributed by atoms with Crippen LogP contribution in [0.2, 0.25) is 0 Å². The minimum Gasteiger partial charge on any atom is -0.497 e. The fourth-order valence-corrected chi connectivity index (χ4v) is 3.10. The van der Waals surface area contributed by atoms with Gasteiger partial charge in [0.2, 0.25) is 0 Å². The van der Waals surface area contributed by atoms with Gasteiger partial charge in [-0.05, 0) is 44.1 Å². The lowest BCUT2D eigenvalue weighted by atomic mass is 9.96. The Balaban J connectivity index is 2.20. The predicted molar refractivity (Wildman–Crippen MR) is 87.7 cm³/mol. The molecule has 0 spiro atoms. The first-order valence-corrected chi connectivity index (χ1v) is 7.97. The molecule has 1 aliphatic rings. The summed E-state index contributed by atoms with van der Waals surface area (Å²) in [7, 11) is 3.90. The van der Waals surface area contributed by atoms with E-state index in [0.717, 1.165) is 31.8 Å². The molecule has 2 atom stereocenters. The summed E-state index contributed by atoms with van der Waals surface area (Å²) in [6, 6.07) is 8.86. The molecule has 1 aliphatic heterocycles. The van der Waals surface area contributed by atoms with E-state index in [9.17, 15) is 0 Å². The first kappa shape index (κ1) is 16.3. The molecule has 1 heterocycles. The van der Waals surface area contributed by atoms with E-state index in [0.29, 0.717) is 6.04 Å². The van der Waals surface area contributed by atoms with Crippen LogP contribution in [-0.2, 0) is 0 Å². The Labute approximate surface area is 128 Å². The third-order valence-electron chi connectivity index (χ3n) is 4.48. The second kappa shape index (κ2) is 7.78. The molecule has 0 bridgehead atoms. The molecule has 2 N–H and O–H groups in total. The van der Waals surface area contributed by atoms with Crippen LogP contribution in [0, 0.1) is 0 Å². The van der Waals surface area contributed by atoms with Gasteiger partial charge < -0.3 is 15.4 Å². The Morgan fingerprint density at radius 2 is 1.86 bits per heavy atom. The van der Waals surface area contributed by atoms with Gasteiger partial charge in [-0.1, -0.05) is 19.1 Å². The number of rotatable bonds is 5. The molecule has 118 valence electrons. The molecule has 1 aromatic carbocycles. The van der Waals surface area contributed by atoms with E-state index in [-0.39, 0.29) is 6.04 Å². The number of methoxy groups -OCH3 is 1. The van der Waals surface area contributed by atoms with E-state index in [1.54, 1.807) is 7.11 Å². The van der Waals surface area contributed by atoms with Gasteiger partial charge in [-0.3, -0.25) is 4.90 Å². The van der Waals surface area contributed by atoms with Crippen molar-refractivity contribution in [3.63, 3.8) is 0 Å². The molecule has 0 aliphatic carbocycles. The maximum absolute atomic E-state index is 6.45. The number of nitrogens with two attached hydrogens (primary N) is 1. The molecule has 21 heavy (non-hydrogen) atoms. The Hall–Kier alpha value is -1.10. The fraction of sp³-hybridized carbons (Fsp3) is 0.647. The lowest BCUT2D eigenvalue weighted by Crippen LogP contribution is -2.42. The standard InChI is InChI=1S/C17H29N3O/c1-4-16(18)17(14-6-8-15(21-3)9-7-14)20-11-5-10-19(2)12-13-20/h6-9,16-17H,4-5,10-13,18H2,1-3H3. The van der Waals surface area contributed by atoms with Gasteiger partial charge >= 0.3 is 0 Å².